The molecule has 0 aliphatic rings. The Morgan fingerprint density at radius 3 is 2.24 bits per heavy atom. The van der Waals surface area contributed by atoms with E-state index in [1.165, 1.54) is 6.21 Å². The number of halogens is 3. The van der Waals surface area contributed by atoms with Gasteiger partial charge in [-0.3, -0.25) is 4.79 Å². The molecule has 204 valence electrons. The normalized spacial score (nSPS) is 11.0. The van der Waals surface area contributed by atoms with Gasteiger partial charge in [0.1, 0.15) is 18.1 Å². The molecule has 0 spiro atoms. The summed E-state index contributed by atoms with van der Waals surface area (Å²) in [4.78, 5) is 25.5. The number of hydrazone groups is 1. The van der Waals surface area contributed by atoms with Crippen molar-refractivity contribution < 1.29 is 19.1 Å². The SMILES string of the molecule is O=C(N/N=C\c1c(OC(=O)c2ccc(Cl)cc2)ccc2ccccc12)c1ccc(OCc2ccc(Cl)cc2Cl)cc1. The molecular formula is C32H21Cl3N2O4. The summed E-state index contributed by atoms with van der Waals surface area (Å²) in [5, 5.41) is 7.44. The summed E-state index contributed by atoms with van der Waals surface area (Å²) in [7, 11) is 0. The molecule has 0 heterocycles. The highest BCUT2D eigenvalue weighted by molar-refractivity contribution is 6.35. The van der Waals surface area contributed by atoms with Gasteiger partial charge < -0.3 is 9.47 Å². The standard InChI is InChI=1S/C32H21Cl3N2O4/c33-24-11-5-22(6-12-24)32(39)41-30-16-10-20-3-1-2-4-27(20)28(30)18-36-37-31(38)21-8-14-26(15-9-21)40-19-23-7-13-25(34)17-29(23)35/h1-18H,19H2,(H,37,38)/b36-18-. The third-order valence-corrected chi connectivity index (χ3v) is 6.94. The number of benzene rings is 5. The van der Waals surface area contributed by atoms with E-state index in [-0.39, 0.29) is 6.61 Å². The van der Waals surface area contributed by atoms with Gasteiger partial charge in [-0.2, -0.15) is 5.10 Å². The zero-order chi connectivity index (χ0) is 28.8. The number of carbonyl (C=O) groups excluding carboxylic acids is 2. The summed E-state index contributed by atoms with van der Waals surface area (Å²) >= 11 is 18.1. The summed E-state index contributed by atoms with van der Waals surface area (Å²) in [5.41, 5.74) is 4.58. The molecule has 5 aromatic carbocycles. The van der Waals surface area contributed by atoms with Crippen LogP contribution in [0.2, 0.25) is 15.1 Å². The minimum Gasteiger partial charge on any atom is -0.489 e. The van der Waals surface area contributed by atoms with Gasteiger partial charge in [-0.1, -0.05) is 71.2 Å². The Kier molecular flexibility index (Phi) is 8.85. The molecule has 0 atom stereocenters. The molecule has 0 saturated carbocycles. The van der Waals surface area contributed by atoms with E-state index < -0.39 is 11.9 Å². The number of nitrogens with zero attached hydrogens (tertiary/aromatic N) is 1. The fourth-order valence-electron chi connectivity index (χ4n) is 3.96. The molecule has 9 heteroatoms. The Morgan fingerprint density at radius 2 is 1.49 bits per heavy atom. The number of hydrogen-bond acceptors (Lipinski definition) is 5. The highest BCUT2D eigenvalue weighted by atomic mass is 35.5. The van der Waals surface area contributed by atoms with Gasteiger partial charge in [-0.05, 0) is 77.5 Å². The minimum absolute atomic E-state index is 0.252. The van der Waals surface area contributed by atoms with Gasteiger partial charge in [-0.15, -0.1) is 0 Å². The summed E-state index contributed by atoms with van der Waals surface area (Å²) < 4.78 is 11.5. The molecule has 0 bridgehead atoms. The van der Waals surface area contributed by atoms with Crippen LogP contribution in [0.3, 0.4) is 0 Å². The van der Waals surface area contributed by atoms with Crippen LogP contribution < -0.4 is 14.9 Å². The quantitative estimate of drug-likeness (QED) is 0.0837. The van der Waals surface area contributed by atoms with Crippen molar-refractivity contribution >= 4 is 63.7 Å². The van der Waals surface area contributed by atoms with Crippen LogP contribution >= 0.6 is 34.8 Å². The smallest absolute Gasteiger partial charge is 0.343 e. The Balaban J connectivity index is 1.28. The molecular weight excluding hydrogens is 583 g/mol. The number of amides is 1. The van der Waals surface area contributed by atoms with Crippen molar-refractivity contribution in [2.45, 2.75) is 6.61 Å². The summed E-state index contributed by atoms with van der Waals surface area (Å²) in [6.45, 7) is 0.252. The lowest BCUT2D eigenvalue weighted by atomic mass is 10.0. The second-order valence-corrected chi connectivity index (χ2v) is 10.1. The van der Waals surface area contributed by atoms with Gasteiger partial charge in [-0.25, -0.2) is 10.2 Å². The molecule has 6 nitrogen and oxygen atoms in total. The second kappa shape index (κ2) is 12.9. The van der Waals surface area contributed by atoms with Crippen LogP contribution in [0.25, 0.3) is 10.8 Å². The zero-order valence-electron chi connectivity index (χ0n) is 21.3. The molecule has 0 radical (unpaired) electrons. The summed E-state index contributed by atoms with van der Waals surface area (Å²) in [5.74, 6) is -0.104. The van der Waals surface area contributed by atoms with E-state index in [1.54, 1.807) is 72.8 Å². The van der Waals surface area contributed by atoms with E-state index in [1.807, 2.05) is 30.3 Å². The first-order valence-corrected chi connectivity index (χ1v) is 13.5. The maximum Gasteiger partial charge on any atom is 0.343 e. The third kappa shape index (κ3) is 7.05. The maximum absolute atomic E-state index is 12.8. The molecule has 0 aliphatic heterocycles. The predicted octanol–water partition coefficient (Wildman–Crippen LogP) is 8.36. The van der Waals surface area contributed by atoms with Crippen LogP contribution in [0.1, 0.15) is 31.8 Å². The van der Waals surface area contributed by atoms with Crippen molar-refractivity contribution in [1.82, 2.24) is 5.43 Å². The van der Waals surface area contributed by atoms with Gasteiger partial charge in [0, 0.05) is 31.8 Å². The maximum atomic E-state index is 12.8. The van der Waals surface area contributed by atoms with E-state index in [9.17, 15) is 9.59 Å². The van der Waals surface area contributed by atoms with Crippen LogP contribution in [0, 0.1) is 0 Å². The van der Waals surface area contributed by atoms with Crippen LogP contribution in [-0.4, -0.2) is 18.1 Å². The molecule has 0 unspecified atom stereocenters. The number of nitrogens with one attached hydrogen (secondary N) is 1. The first-order chi connectivity index (χ1) is 19.9. The number of fused-ring (bicyclic) bond motifs is 1. The molecule has 0 aromatic heterocycles. The Morgan fingerprint density at radius 1 is 0.780 bits per heavy atom. The van der Waals surface area contributed by atoms with Crippen LogP contribution in [0.5, 0.6) is 11.5 Å². The monoisotopic (exact) mass is 602 g/mol. The largest absolute Gasteiger partial charge is 0.489 e. The van der Waals surface area contributed by atoms with Crippen molar-refractivity contribution in [3.8, 4) is 11.5 Å². The molecule has 1 N–H and O–H groups in total. The Bertz CT molecular complexity index is 1750. The topological polar surface area (TPSA) is 77.0 Å². The Labute approximate surface area is 251 Å². The molecule has 0 saturated heterocycles. The lowest BCUT2D eigenvalue weighted by molar-refractivity contribution is 0.0734. The number of hydrogen-bond donors (Lipinski definition) is 1. The van der Waals surface area contributed by atoms with Gasteiger partial charge in [0.05, 0.1) is 11.8 Å². The van der Waals surface area contributed by atoms with E-state index in [2.05, 4.69) is 10.5 Å². The van der Waals surface area contributed by atoms with Gasteiger partial charge >= 0.3 is 5.97 Å². The van der Waals surface area contributed by atoms with Crippen molar-refractivity contribution in [3.05, 3.63) is 140 Å². The molecule has 5 rings (SSSR count). The van der Waals surface area contributed by atoms with Crippen molar-refractivity contribution in [2.75, 3.05) is 0 Å². The van der Waals surface area contributed by atoms with E-state index >= 15 is 0 Å². The number of carbonyl (C=O) groups is 2. The fraction of sp³-hybridized carbons (Fsp3) is 0.0312. The average Bonchev–Trinajstić information content (AvgIpc) is 2.98. The fourth-order valence-corrected chi connectivity index (χ4v) is 4.55. The van der Waals surface area contributed by atoms with Crippen molar-refractivity contribution in [3.63, 3.8) is 0 Å². The van der Waals surface area contributed by atoms with Crippen LogP contribution in [0.4, 0.5) is 0 Å². The molecule has 1 amide bonds. The van der Waals surface area contributed by atoms with Crippen LogP contribution in [0.15, 0.2) is 108 Å². The van der Waals surface area contributed by atoms with Crippen LogP contribution in [-0.2, 0) is 6.61 Å². The van der Waals surface area contributed by atoms with Gasteiger partial charge in [0.15, 0.2) is 0 Å². The number of esters is 1. The lowest BCUT2D eigenvalue weighted by Gasteiger charge is -2.11. The second-order valence-electron chi connectivity index (χ2n) is 8.84. The highest BCUT2D eigenvalue weighted by Gasteiger charge is 2.14. The third-order valence-electron chi connectivity index (χ3n) is 6.10. The minimum atomic E-state index is -0.545. The Hall–Kier alpha value is -4.36. The molecule has 0 fully saturated rings. The number of ether oxygens (including phenoxy) is 2. The van der Waals surface area contributed by atoms with Crippen molar-refractivity contribution in [2.24, 2.45) is 5.10 Å². The van der Waals surface area contributed by atoms with E-state index in [0.717, 1.165) is 16.3 Å². The predicted molar refractivity (Wildman–Crippen MR) is 163 cm³/mol. The lowest BCUT2D eigenvalue weighted by Crippen LogP contribution is -2.17. The first kappa shape index (κ1) is 28.2. The van der Waals surface area contributed by atoms with E-state index in [4.69, 9.17) is 44.3 Å². The van der Waals surface area contributed by atoms with Gasteiger partial charge in [0.2, 0.25) is 0 Å². The molecule has 0 aliphatic carbocycles. The zero-order valence-corrected chi connectivity index (χ0v) is 23.6. The number of rotatable bonds is 8. The molecule has 41 heavy (non-hydrogen) atoms. The van der Waals surface area contributed by atoms with Crippen molar-refractivity contribution in [1.29, 1.82) is 0 Å². The average molecular weight is 604 g/mol. The highest BCUT2D eigenvalue weighted by Crippen LogP contribution is 2.28. The summed E-state index contributed by atoms with van der Waals surface area (Å²) in [6.07, 6.45) is 1.46. The van der Waals surface area contributed by atoms with E-state index in [0.29, 0.717) is 43.3 Å². The summed E-state index contributed by atoms with van der Waals surface area (Å²) in [6, 6.07) is 29.3. The first-order valence-electron chi connectivity index (χ1n) is 12.4. The molecule has 5 aromatic rings. The van der Waals surface area contributed by atoms with Gasteiger partial charge in [0.25, 0.3) is 5.91 Å².